The zero-order valence-electron chi connectivity index (χ0n) is 17.7. The number of likely N-dealkylation sites (N-methyl/N-ethyl adjacent to an activating group) is 1. The van der Waals surface area contributed by atoms with Gasteiger partial charge in [-0.15, -0.1) is 0 Å². The van der Waals surface area contributed by atoms with Gasteiger partial charge in [-0.3, -0.25) is 14.5 Å². The smallest absolute Gasteiger partial charge is 0.276 e. The molecular weight excluding hydrogens is 370 g/mol. The number of hydrogen-bond donors (Lipinski definition) is 0. The van der Waals surface area contributed by atoms with Crippen molar-refractivity contribution < 1.29 is 14.1 Å². The number of aromatic nitrogens is 1. The van der Waals surface area contributed by atoms with E-state index in [0.717, 1.165) is 78.0 Å². The molecule has 0 aromatic carbocycles. The average molecular weight is 404 g/mol. The molecule has 3 aliphatic rings. The lowest BCUT2D eigenvalue weighted by Gasteiger charge is -2.43. The lowest BCUT2D eigenvalue weighted by atomic mass is 9.92. The molecule has 0 bridgehead atoms. The first kappa shape index (κ1) is 20.3. The Bertz CT molecular complexity index is 720. The van der Waals surface area contributed by atoms with Crippen LogP contribution in [0.4, 0.5) is 0 Å². The van der Waals surface area contributed by atoms with Gasteiger partial charge < -0.3 is 19.2 Å². The normalized spacial score (nSPS) is 25.4. The summed E-state index contributed by atoms with van der Waals surface area (Å²) in [5.41, 5.74) is 0.400. The van der Waals surface area contributed by atoms with Crippen LogP contribution in [0.3, 0.4) is 0 Å². The third kappa shape index (κ3) is 4.64. The highest BCUT2D eigenvalue weighted by Crippen LogP contribution is 2.26. The van der Waals surface area contributed by atoms with Gasteiger partial charge in [-0.25, -0.2) is 0 Å². The average Bonchev–Trinajstić information content (AvgIpc) is 3.20. The van der Waals surface area contributed by atoms with Gasteiger partial charge in [0.15, 0.2) is 5.69 Å². The molecule has 8 heteroatoms. The fourth-order valence-corrected chi connectivity index (χ4v) is 4.89. The van der Waals surface area contributed by atoms with Gasteiger partial charge in [-0.1, -0.05) is 5.16 Å². The van der Waals surface area contributed by atoms with Crippen LogP contribution in [-0.4, -0.2) is 102 Å². The van der Waals surface area contributed by atoms with E-state index in [1.807, 2.05) is 4.90 Å². The van der Waals surface area contributed by atoms with Crippen LogP contribution in [0.15, 0.2) is 10.6 Å². The summed E-state index contributed by atoms with van der Waals surface area (Å²) in [5, 5.41) is 3.86. The monoisotopic (exact) mass is 403 g/mol. The molecule has 1 aromatic rings. The van der Waals surface area contributed by atoms with Crippen molar-refractivity contribution in [2.75, 3.05) is 59.4 Å². The molecule has 160 valence electrons. The molecule has 0 radical (unpaired) electrons. The van der Waals surface area contributed by atoms with Crippen molar-refractivity contribution in [3.05, 3.63) is 17.5 Å². The molecule has 3 aliphatic heterocycles. The number of hydrogen-bond acceptors (Lipinski definition) is 6. The number of nitrogens with zero attached hydrogens (tertiary/aromatic N) is 5. The molecule has 8 nitrogen and oxygen atoms in total. The maximum Gasteiger partial charge on any atom is 0.276 e. The molecular formula is C21H33N5O3. The molecule has 3 fully saturated rings. The lowest BCUT2D eigenvalue weighted by molar-refractivity contribution is -0.139. The highest BCUT2D eigenvalue weighted by molar-refractivity contribution is 5.92. The SMILES string of the molecule is Cc1cc(C(=O)N2CCC(N3CCC[C@H](C(=O)N4CCN(C)CC4)C3)CC2)no1. The van der Waals surface area contributed by atoms with Crippen LogP contribution in [0.5, 0.6) is 0 Å². The quantitative estimate of drug-likeness (QED) is 0.752. The molecule has 0 unspecified atom stereocenters. The summed E-state index contributed by atoms with van der Waals surface area (Å²) in [6, 6.07) is 2.16. The fraction of sp³-hybridized carbons (Fsp3) is 0.762. The summed E-state index contributed by atoms with van der Waals surface area (Å²) in [6.07, 6.45) is 4.00. The van der Waals surface area contributed by atoms with Crippen LogP contribution in [0.25, 0.3) is 0 Å². The van der Waals surface area contributed by atoms with E-state index in [1.165, 1.54) is 0 Å². The molecule has 4 rings (SSSR count). The topological polar surface area (TPSA) is 73.1 Å². The van der Waals surface area contributed by atoms with E-state index in [4.69, 9.17) is 4.52 Å². The number of aryl methyl sites for hydroxylation is 1. The van der Waals surface area contributed by atoms with Gasteiger partial charge in [0.1, 0.15) is 5.76 Å². The van der Waals surface area contributed by atoms with E-state index in [-0.39, 0.29) is 11.8 Å². The van der Waals surface area contributed by atoms with Crippen LogP contribution in [0.2, 0.25) is 0 Å². The maximum atomic E-state index is 13.0. The second kappa shape index (κ2) is 8.83. The number of rotatable bonds is 3. The molecule has 0 N–H and O–H groups in total. The minimum atomic E-state index is -0.0398. The Labute approximate surface area is 172 Å². The molecule has 4 heterocycles. The van der Waals surface area contributed by atoms with Crippen molar-refractivity contribution in [3.63, 3.8) is 0 Å². The summed E-state index contributed by atoms with van der Waals surface area (Å²) in [5.74, 6) is 1.09. The maximum absolute atomic E-state index is 13.0. The first-order chi connectivity index (χ1) is 14.0. The van der Waals surface area contributed by atoms with Gasteiger partial charge in [0.2, 0.25) is 5.91 Å². The minimum Gasteiger partial charge on any atom is -0.361 e. The van der Waals surface area contributed by atoms with Crippen LogP contribution in [-0.2, 0) is 4.79 Å². The number of piperazine rings is 1. The van der Waals surface area contributed by atoms with Crippen molar-refractivity contribution >= 4 is 11.8 Å². The summed E-state index contributed by atoms with van der Waals surface area (Å²) >= 11 is 0. The standard InChI is InChI=1S/C21H33N5O3/c1-16-14-19(22-29-16)21(28)24-8-5-18(6-9-24)26-7-3-4-17(15-26)20(27)25-12-10-23(2)11-13-25/h14,17-18H,3-13,15H2,1-2H3/t17-/m0/s1. The van der Waals surface area contributed by atoms with E-state index in [0.29, 0.717) is 23.4 Å². The summed E-state index contributed by atoms with van der Waals surface area (Å²) in [7, 11) is 2.12. The molecule has 29 heavy (non-hydrogen) atoms. The zero-order chi connectivity index (χ0) is 20.4. The Morgan fingerprint density at radius 3 is 2.38 bits per heavy atom. The summed E-state index contributed by atoms with van der Waals surface area (Å²) < 4.78 is 5.04. The van der Waals surface area contributed by atoms with Crippen LogP contribution in [0.1, 0.15) is 41.9 Å². The highest BCUT2D eigenvalue weighted by atomic mass is 16.5. The number of carbonyl (C=O) groups excluding carboxylic acids is 2. The van der Waals surface area contributed by atoms with Crippen molar-refractivity contribution in [2.24, 2.45) is 5.92 Å². The number of likely N-dealkylation sites (tertiary alicyclic amines) is 2. The fourth-order valence-electron chi connectivity index (χ4n) is 4.89. The van der Waals surface area contributed by atoms with Gasteiger partial charge in [0.25, 0.3) is 5.91 Å². The molecule has 0 spiro atoms. The van der Waals surface area contributed by atoms with Gasteiger partial charge >= 0.3 is 0 Å². The third-order valence-electron chi connectivity index (χ3n) is 6.73. The predicted octanol–water partition coefficient (Wildman–Crippen LogP) is 1.07. The van der Waals surface area contributed by atoms with E-state index in [1.54, 1.807) is 13.0 Å². The van der Waals surface area contributed by atoms with E-state index in [2.05, 4.69) is 26.9 Å². The van der Waals surface area contributed by atoms with Crippen molar-refractivity contribution in [2.45, 2.75) is 38.6 Å². The zero-order valence-corrected chi connectivity index (χ0v) is 17.7. The summed E-state index contributed by atoms with van der Waals surface area (Å²) in [4.78, 5) is 34.3. The summed E-state index contributed by atoms with van der Waals surface area (Å²) in [6.45, 7) is 8.86. The molecule has 1 atom stereocenters. The number of carbonyl (C=O) groups is 2. The first-order valence-electron chi connectivity index (χ1n) is 11.0. The molecule has 2 amide bonds. The largest absolute Gasteiger partial charge is 0.361 e. The Balaban J connectivity index is 1.28. The molecule has 1 aromatic heterocycles. The van der Waals surface area contributed by atoms with Gasteiger partial charge in [0, 0.05) is 57.9 Å². The Morgan fingerprint density at radius 2 is 1.72 bits per heavy atom. The van der Waals surface area contributed by atoms with E-state index in [9.17, 15) is 9.59 Å². The Morgan fingerprint density at radius 1 is 1.00 bits per heavy atom. The molecule has 0 saturated carbocycles. The van der Waals surface area contributed by atoms with Gasteiger partial charge in [-0.2, -0.15) is 0 Å². The first-order valence-corrected chi connectivity index (χ1v) is 11.0. The van der Waals surface area contributed by atoms with E-state index < -0.39 is 0 Å². The van der Waals surface area contributed by atoms with Crippen molar-refractivity contribution in [1.29, 1.82) is 0 Å². The second-order valence-electron chi connectivity index (χ2n) is 8.81. The number of piperidine rings is 2. The second-order valence-corrected chi connectivity index (χ2v) is 8.81. The predicted molar refractivity (Wildman–Crippen MR) is 109 cm³/mol. The number of amides is 2. The minimum absolute atomic E-state index is 0.0398. The highest BCUT2D eigenvalue weighted by Gasteiger charge is 2.35. The Hall–Kier alpha value is -1.93. The van der Waals surface area contributed by atoms with Gasteiger partial charge in [0.05, 0.1) is 5.92 Å². The van der Waals surface area contributed by atoms with Crippen molar-refractivity contribution in [3.8, 4) is 0 Å². The van der Waals surface area contributed by atoms with Crippen LogP contribution >= 0.6 is 0 Å². The Kier molecular flexibility index (Phi) is 6.20. The van der Waals surface area contributed by atoms with Crippen molar-refractivity contribution in [1.82, 2.24) is 24.8 Å². The van der Waals surface area contributed by atoms with Crippen LogP contribution in [0, 0.1) is 12.8 Å². The van der Waals surface area contributed by atoms with Gasteiger partial charge in [-0.05, 0) is 46.2 Å². The van der Waals surface area contributed by atoms with E-state index >= 15 is 0 Å². The van der Waals surface area contributed by atoms with Crippen LogP contribution < -0.4 is 0 Å². The molecule has 3 saturated heterocycles. The molecule has 0 aliphatic carbocycles. The third-order valence-corrected chi connectivity index (χ3v) is 6.73. The lowest BCUT2D eigenvalue weighted by Crippen LogP contribution is -2.54.